The van der Waals surface area contributed by atoms with Crippen molar-refractivity contribution in [2.75, 3.05) is 0 Å². The first kappa shape index (κ1) is 16.9. The first-order chi connectivity index (χ1) is 13.6. The second kappa shape index (κ2) is 6.42. The van der Waals surface area contributed by atoms with Crippen LogP contribution in [0.4, 0.5) is 4.39 Å². The molecule has 0 radical (unpaired) electrons. The smallest absolute Gasteiger partial charge is 0.217 e. The zero-order valence-corrected chi connectivity index (χ0v) is 16.0. The normalized spacial score (nSPS) is 11.5. The zero-order valence-electron chi connectivity index (χ0n) is 15.1. The molecule has 5 rings (SSSR count). The van der Waals surface area contributed by atoms with Gasteiger partial charge in [-0.25, -0.2) is 18.9 Å². The monoisotopic (exact) mass is 394 g/mol. The third kappa shape index (κ3) is 2.82. The molecule has 8 heteroatoms. The summed E-state index contributed by atoms with van der Waals surface area (Å²) >= 11 is 1.65. The van der Waals surface area contributed by atoms with Gasteiger partial charge < -0.3 is 9.15 Å². The van der Waals surface area contributed by atoms with Crippen LogP contribution < -0.4 is 4.74 Å². The SMILES string of the molecule is Cc1sc2ncn3nc(-c4ccc(COc5ccc(F)cc5)o4)nc3c2c1C. The molecular formula is C20H15FN4O2S. The Morgan fingerprint density at radius 2 is 1.96 bits per heavy atom. The standard InChI is InChI=1S/C20H15FN4O2S/c1-11-12(2)28-20-17(11)19-23-18(24-25(19)10-22-20)16-8-7-15(27-16)9-26-14-5-3-13(21)4-6-14/h3-8,10H,9H2,1-2H3. The summed E-state index contributed by atoms with van der Waals surface area (Å²) in [5.74, 6) is 1.95. The molecule has 140 valence electrons. The number of hydrogen-bond donors (Lipinski definition) is 0. The van der Waals surface area contributed by atoms with Crippen LogP contribution in [0, 0.1) is 19.7 Å². The van der Waals surface area contributed by atoms with Gasteiger partial charge >= 0.3 is 0 Å². The lowest BCUT2D eigenvalue weighted by atomic mass is 10.2. The molecule has 0 atom stereocenters. The van der Waals surface area contributed by atoms with E-state index in [1.54, 1.807) is 34.3 Å². The minimum absolute atomic E-state index is 0.230. The van der Waals surface area contributed by atoms with Gasteiger partial charge in [0, 0.05) is 4.88 Å². The van der Waals surface area contributed by atoms with Gasteiger partial charge in [0.05, 0.1) is 5.39 Å². The van der Waals surface area contributed by atoms with Gasteiger partial charge in [0.15, 0.2) is 11.4 Å². The summed E-state index contributed by atoms with van der Waals surface area (Å²) in [6.07, 6.45) is 1.67. The van der Waals surface area contributed by atoms with E-state index in [4.69, 9.17) is 9.15 Å². The Kier molecular flexibility index (Phi) is 3.87. The van der Waals surface area contributed by atoms with Crippen LogP contribution in [0.3, 0.4) is 0 Å². The number of halogens is 1. The molecule has 5 aromatic rings. The van der Waals surface area contributed by atoms with Gasteiger partial charge in [-0.1, -0.05) is 0 Å². The van der Waals surface area contributed by atoms with E-state index in [9.17, 15) is 4.39 Å². The molecule has 1 aromatic carbocycles. The van der Waals surface area contributed by atoms with Gasteiger partial charge in [-0.2, -0.15) is 0 Å². The van der Waals surface area contributed by atoms with E-state index < -0.39 is 0 Å². The molecule has 0 aliphatic carbocycles. The minimum Gasteiger partial charge on any atom is -0.486 e. The molecular weight excluding hydrogens is 379 g/mol. The highest BCUT2D eigenvalue weighted by atomic mass is 32.1. The van der Waals surface area contributed by atoms with Crippen LogP contribution in [0.5, 0.6) is 5.75 Å². The van der Waals surface area contributed by atoms with Crippen molar-refractivity contribution >= 4 is 27.2 Å². The van der Waals surface area contributed by atoms with Crippen molar-refractivity contribution in [3.05, 3.63) is 64.7 Å². The summed E-state index contributed by atoms with van der Waals surface area (Å²) in [5, 5.41) is 5.52. The highest BCUT2D eigenvalue weighted by molar-refractivity contribution is 7.18. The number of rotatable bonds is 4. The quantitative estimate of drug-likeness (QED) is 0.432. The number of aromatic nitrogens is 4. The predicted octanol–water partition coefficient (Wildman–Crippen LogP) is 4.93. The molecule has 0 aliphatic rings. The number of fused-ring (bicyclic) bond motifs is 3. The summed E-state index contributed by atoms with van der Waals surface area (Å²) in [5.41, 5.74) is 1.94. The van der Waals surface area contributed by atoms with Crippen LogP contribution in [-0.4, -0.2) is 19.6 Å². The Bertz CT molecular complexity index is 1300. The Morgan fingerprint density at radius 3 is 2.79 bits per heavy atom. The predicted molar refractivity (Wildman–Crippen MR) is 104 cm³/mol. The molecule has 28 heavy (non-hydrogen) atoms. The second-order valence-corrected chi connectivity index (χ2v) is 7.62. The average Bonchev–Trinajstić information content (AvgIpc) is 3.39. The Hall–Kier alpha value is -3.26. The molecule has 0 saturated carbocycles. The maximum absolute atomic E-state index is 13.0. The minimum atomic E-state index is -0.301. The van der Waals surface area contributed by atoms with E-state index in [1.807, 2.05) is 12.1 Å². The summed E-state index contributed by atoms with van der Waals surface area (Å²) in [6, 6.07) is 9.49. The number of nitrogens with zero attached hydrogens (tertiary/aromatic N) is 4. The number of benzene rings is 1. The van der Waals surface area contributed by atoms with E-state index in [0.717, 1.165) is 15.9 Å². The summed E-state index contributed by atoms with van der Waals surface area (Å²) in [4.78, 5) is 11.3. The van der Waals surface area contributed by atoms with Crippen molar-refractivity contribution in [2.24, 2.45) is 0 Å². The van der Waals surface area contributed by atoms with Crippen molar-refractivity contribution in [2.45, 2.75) is 20.5 Å². The highest BCUT2D eigenvalue weighted by Crippen LogP contribution is 2.32. The van der Waals surface area contributed by atoms with Gasteiger partial charge in [-0.15, -0.1) is 16.4 Å². The van der Waals surface area contributed by atoms with Crippen molar-refractivity contribution in [1.29, 1.82) is 0 Å². The lowest BCUT2D eigenvalue weighted by molar-refractivity contribution is 0.271. The molecule has 0 saturated heterocycles. The number of aryl methyl sites for hydroxylation is 2. The van der Waals surface area contributed by atoms with Gasteiger partial charge in [0.1, 0.15) is 35.1 Å². The Labute approximate surface area is 163 Å². The molecule has 4 aromatic heterocycles. The van der Waals surface area contributed by atoms with Gasteiger partial charge in [0.25, 0.3) is 0 Å². The van der Waals surface area contributed by atoms with Crippen molar-refractivity contribution < 1.29 is 13.5 Å². The van der Waals surface area contributed by atoms with Crippen LogP contribution in [0.1, 0.15) is 16.2 Å². The third-order valence-corrected chi connectivity index (χ3v) is 5.70. The number of ether oxygens (including phenoxy) is 1. The Balaban J connectivity index is 1.44. The average molecular weight is 394 g/mol. The fourth-order valence-electron chi connectivity index (χ4n) is 3.01. The van der Waals surface area contributed by atoms with E-state index in [2.05, 4.69) is 28.9 Å². The first-order valence-corrected chi connectivity index (χ1v) is 9.48. The molecule has 0 fully saturated rings. The van der Waals surface area contributed by atoms with Crippen LogP contribution in [0.2, 0.25) is 0 Å². The number of hydrogen-bond acceptors (Lipinski definition) is 6. The van der Waals surface area contributed by atoms with Crippen molar-refractivity contribution in [1.82, 2.24) is 19.6 Å². The molecule has 4 heterocycles. The summed E-state index contributed by atoms with van der Waals surface area (Å²) < 4.78 is 26.1. The molecule has 0 N–H and O–H groups in total. The van der Waals surface area contributed by atoms with Crippen LogP contribution in [0.25, 0.3) is 27.4 Å². The van der Waals surface area contributed by atoms with Crippen LogP contribution in [0.15, 0.2) is 47.1 Å². The van der Waals surface area contributed by atoms with Gasteiger partial charge in [-0.05, 0) is 55.8 Å². The van der Waals surface area contributed by atoms with Crippen LogP contribution >= 0.6 is 11.3 Å². The van der Waals surface area contributed by atoms with Gasteiger partial charge in [0.2, 0.25) is 5.82 Å². The lowest BCUT2D eigenvalue weighted by Gasteiger charge is -2.03. The van der Waals surface area contributed by atoms with E-state index in [0.29, 0.717) is 23.1 Å². The molecule has 0 unspecified atom stereocenters. The highest BCUT2D eigenvalue weighted by Gasteiger charge is 2.16. The van der Waals surface area contributed by atoms with E-state index in [-0.39, 0.29) is 12.4 Å². The maximum atomic E-state index is 13.0. The largest absolute Gasteiger partial charge is 0.486 e. The molecule has 0 spiro atoms. The second-order valence-electron chi connectivity index (χ2n) is 6.42. The Morgan fingerprint density at radius 1 is 1.14 bits per heavy atom. The topological polar surface area (TPSA) is 65.5 Å². The van der Waals surface area contributed by atoms with E-state index in [1.165, 1.54) is 22.6 Å². The van der Waals surface area contributed by atoms with Crippen molar-refractivity contribution in [3.63, 3.8) is 0 Å². The molecule has 0 bridgehead atoms. The molecule has 0 amide bonds. The summed E-state index contributed by atoms with van der Waals surface area (Å²) in [6.45, 7) is 4.38. The fourth-order valence-corrected chi connectivity index (χ4v) is 4.00. The number of furan rings is 1. The molecule has 0 aliphatic heterocycles. The lowest BCUT2D eigenvalue weighted by Crippen LogP contribution is -1.93. The zero-order chi connectivity index (χ0) is 19.3. The third-order valence-electron chi connectivity index (χ3n) is 4.58. The first-order valence-electron chi connectivity index (χ1n) is 8.67. The fraction of sp³-hybridized carbons (Fsp3) is 0.150. The summed E-state index contributed by atoms with van der Waals surface area (Å²) in [7, 11) is 0. The van der Waals surface area contributed by atoms with Crippen molar-refractivity contribution in [3.8, 4) is 17.3 Å². The van der Waals surface area contributed by atoms with E-state index >= 15 is 0 Å². The van der Waals surface area contributed by atoms with Crippen LogP contribution in [-0.2, 0) is 6.61 Å². The maximum Gasteiger partial charge on any atom is 0.217 e. The van der Waals surface area contributed by atoms with Gasteiger partial charge in [-0.3, -0.25) is 0 Å². The number of thiophene rings is 1. The molecule has 6 nitrogen and oxygen atoms in total.